The van der Waals surface area contributed by atoms with Crippen LogP contribution in [0.1, 0.15) is 20.3 Å². The molecule has 0 aliphatic carbocycles. The van der Waals surface area contributed by atoms with Gasteiger partial charge >= 0.3 is 0 Å². The molecule has 3 unspecified atom stereocenters. The van der Waals surface area contributed by atoms with Crippen molar-refractivity contribution in [3.05, 3.63) is 0 Å². The van der Waals surface area contributed by atoms with Crippen LogP contribution in [0.3, 0.4) is 0 Å². The van der Waals surface area contributed by atoms with E-state index in [4.69, 9.17) is 5.26 Å². The SMILES string of the molecule is CC(C#N)C1(O)CCNCC1C. The van der Waals surface area contributed by atoms with Crippen molar-refractivity contribution in [1.29, 1.82) is 5.26 Å². The zero-order valence-corrected chi connectivity index (χ0v) is 7.67. The maximum Gasteiger partial charge on any atom is 0.0852 e. The summed E-state index contributed by atoms with van der Waals surface area (Å²) in [5.74, 6) is -0.101. The zero-order valence-electron chi connectivity index (χ0n) is 7.67. The fourth-order valence-electron chi connectivity index (χ4n) is 1.79. The Labute approximate surface area is 73.4 Å². The van der Waals surface area contributed by atoms with E-state index >= 15 is 0 Å². The number of hydrogen-bond acceptors (Lipinski definition) is 3. The van der Waals surface area contributed by atoms with Crippen LogP contribution in [0.25, 0.3) is 0 Å². The van der Waals surface area contributed by atoms with Crippen LogP contribution < -0.4 is 5.32 Å². The van der Waals surface area contributed by atoms with Crippen LogP contribution in [0.2, 0.25) is 0 Å². The van der Waals surface area contributed by atoms with E-state index in [0.29, 0.717) is 6.42 Å². The van der Waals surface area contributed by atoms with Crippen molar-refractivity contribution < 1.29 is 5.11 Å². The highest BCUT2D eigenvalue weighted by molar-refractivity contribution is 5.01. The third-order valence-electron chi connectivity index (χ3n) is 2.95. The Bertz CT molecular complexity index is 199. The molecular weight excluding hydrogens is 152 g/mol. The molecule has 0 aromatic rings. The second-order valence-corrected chi connectivity index (χ2v) is 3.70. The molecule has 1 aliphatic rings. The van der Waals surface area contributed by atoms with E-state index in [2.05, 4.69) is 11.4 Å². The molecule has 0 radical (unpaired) electrons. The molecule has 2 N–H and O–H groups in total. The largest absolute Gasteiger partial charge is 0.388 e. The molecule has 1 aliphatic heterocycles. The molecule has 0 aromatic heterocycles. The smallest absolute Gasteiger partial charge is 0.0852 e. The van der Waals surface area contributed by atoms with Gasteiger partial charge in [0.1, 0.15) is 0 Å². The summed E-state index contributed by atoms with van der Waals surface area (Å²) in [6.07, 6.45) is 0.683. The van der Waals surface area contributed by atoms with Crippen LogP contribution in [-0.2, 0) is 0 Å². The molecule has 68 valence electrons. The molecule has 1 rings (SSSR count). The maximum atomic E-state index is 10.1. The third-order valence-corrected chi connectivity index (χ3v) is 2.95. The quantitative estimate of drug-likeness (QED) is 0.599. The van der Waals surface area contributed by atoms with E-state index in [1.807, 2.05) is 6.92 Å². The van der Waals surface area contributed by atoms with Crippen LogP contribution in [0, 0.1) is 23.2 Å². The van der Waals surface area contributed by atoms with E-state index in [1.54, 1.807) is 6.92 Å². The minimum absolute atomic E-state index is 0.167. The fourth-order valence-corrected chi connectivity index (χ4v) is 1.79. The van der Waals surface area contributed by atoms with E-state index in [1.165, 1.54) is 0 Å². The van der Waals surface area contributed by atoms with Crippen molar-refractivity contribution in [3.63, 3.8) is 0 Å². The van der Waals surface area contributed by atoms with Gasteiger partial charge in [0.2, 0.25) is 0 Å². The lowest BCUT2D eigenvalue weighted by molar-refractivity contribution is -0.0603. The standard InChI is InChI=1S/C9H16N2O/c1-7(5-10)9(12)3-4-11-6-8(9)2/h7-8,11-12H,3-4,6H2,1-2H3. The number of nitriles is 1. The highest BCUT2D eigenvalue weighted by atomic mass is 16.3. The molecule has 0 amide bonds. The number of nitrogens with one attached hydrogen (secondary N) is 1. The second-order valence-electron chi connectivity index (χ2n) is 3.70. The summed E-state index contributed by atoms with van der Waals surface area (Å²) >= 11 is 0. The fraction of sp³-hybridized carbons (Fsp3) is 0.889. The normalized spacial score (nSPS) is 38.7. The van der Waals surface area contributed by atoms with Crippen LogP contribution in [0.5, 0.6) is 0 Å². The molecule has 12 heavy (non-hydrogen) atoms. The van der Waals surface area contributed by atoms with Gasteiger partial charge in [0.05, 0.1) is 17.6 Å². The molecule has 3 nitrogen and oxygen atoms in total. The van der Waals surface area contributed by atoms with Gasteiger partial charge in [0.15, 0.2) is 0 Å². The van der Waals surface area contributed by atoms with Crippen LogP contribution >= 0.6 is 0 Å². The topological polar surface area (TPSA) is 56.0 Å². The summed E-state index contributed by atoms with van der Waals surface area (Å²) < 4.78 is 0. The van der Waals surface area contributed by atoms with Gasteiger partial charge in [-0.25, -0.2) is 0 Å². The number of nitrogens with zero attached hydrogens (tertiary/aromatic N) is 1. The van der Waals surface area contributed by atoms with Crippen molar-refractivity contribution in [2.75, 3.05) is 13.1 Å². The minimum atomic E-state index is -0.778. The molecule has 3 heteroatoms. The van der Waals surface area contributed by atoms with Gasteiger partial charge in [-0.2, -0.15) is 5.26 Å². The average molecular weight is 168 g/mol. The van der Waals surface area contributed by atoms with Gasteiger partial charge in [-0.05, 0) is 25.8 Å². The third kappa shape index (κ3) is 1.45. The molecule has 1 heterocycles. The molecular formula is C9H16N2O. The summed E-state index contributed by atoms with van der Waals surface area (Å²) in [6, 6.07) is 2.13. The van der Waals surface area contributed by atoms with Crippen molar-refractivity contribution >= 4 is 0 Å². The Hall–Kier alpha value is -0.590. The van der Waals surface area contributed by atoms with E-state index < -0.39 is 5.60 Å². The lowest BCUT2D eigenvalue weighted by Gasteiger charge is -2.40. The molecule has 1 saturated heterocycles. The van der Waals surface area contributed by atoms with Gasteiger partial charge in [-0.1, -0.05) is 6.92 Å². The van der Waals surface area contributed by atoms with Gasteiger partial charge < -0.3 is 10.4 Å². The van der Waals surface area contributed by atoms with E-state index in [9.17, 15) is 5.11 Å². The summed E-state index contributed by atoms with van der Waals surface area (Å²) in [4.78, 5) is 0. The zero-order chi connectivity index (χ0) is 9.19. The van der Waals surface area contributed by atoms with Crippen molar-refractivity contribution in [3.8, 4) is 6.07 Å². The Morgan fingerprint density at radius 2 is 2.42 bits per heavy atom. The van der Waals surface area contributed by atoms with Crippen molar-refractivity contribution in [1.82, 2.24) is 5.32 Å². The Kier molecular flexibility index (Phi) is 2.71. The highest BCUT2D eigenvalue weighted by Gasteiger charge is 2.40. The van der Waals surface area contributed by atoms with Gasteiger partial charge in [-0.3, -0.25) is 0 Å². The van der Waals surface area contributed by atoms with Gasteiger partial charge in [0, 0.05) is 6.54 Å². The monoisotopic (exact) mass is 168 g/mol. The second kappa shape index (κ2) is 3.42. The maximum absolute atomic E-state index is 10.1. The van der Waals surface area contributed by atoms with Gasteiger partial charge in [0.25, 0.3) is 0 Å². The molecule has 3 atom stereocenters. The number of aliphatic hydroxyl groups is 1. The van der Waals surface area contributed by atoms with Gasteiger partial charge in [-0.15, -0.1) is 0 Å². The minimum Gasteiger partial charge on any atom is -0.388 e. The molecule has 0 saturated carbocycles. The first-order valence-electron chi connectivity index (χ1n) is 4.44. The first-order valence-corrected chi connectivity index (χ1v) is 4.44. The van der Waals surface area contributed by atoms with Crippen LogP contribution in [0.15, 0.2) is 0 Å². The predicted octanol–water partition coefficient (Wildman–Crippen LogP) is 0.507. The lowest BCUT2D eigenvalue weighted by Crippen LogP contribution is -2.52. The average Bonchev–Trinajstić information content (AvgIpc) is 2.09. The number of rotatable bonds is 1. The number of piperidine rings is 1. The number of hydrogen-bond donors (Lipinski definition) is 2. The molecule has 0 spiro atoms. The Morgan fingerprint density at radius 3 is 2.92 bits per heavy atom. The summed E-state index contributed by atoms with van der Waals surface area (Å²) in [5, 5.41) is 22.1. The molecule has 0 bridgehead atoms. The van der Waals surface area contributed by atoms with E-state index in [0.717, 1.165) is 13.1 Å². The first kappa shape index (κ1) is 9.50. The van der Waals surface area contributed by atoms with Crippen LogP contribution in [-0.4, -0.2) is 23.8 Å². The lowest BCUT2D eigenvalue weighted by atomic mass is 9.75. The van der Waals surface area contributed by atoms with Crippen molar-refractivity contribution in [2.45, 2.75) is 25.9 Å². The summed E-state index contributed by atoms with van der Waals surface area (Å²) in [5.41, 5.74) is -0.778. The van der Waals surface area contributed by atoms with Crippen molar-refractivity contribution in [2.24, 2.45) is 11.8 Å². The predicted molar refractivity (Wildman–Crippen MR) is 46.4 cm³/mol. The Balaban J connectivity index is 2.73. The van der Waals surface area contributed by atoms with E-state index in [-0.39, 0.29) is 11.8 Å². The summed E-state index contributed by atoms with van der Waals surface area (Å²) in [7, 11) is 0. The molecule has 0 aromatic carbocycles. The highest BCUT2D eigenvalue weighted by Crippen LogP contribution is 2.31. The summed E-state index contributed by atoms with van der Waals surface area (Å²) in [6.45, 7) is 5.40. The molecule has 1 fully saturated rings. The van der Waals surface area contributed by atoms with Crippen LogP contribution in [0.4, 0.5) is 0 Å². The Morgan fingerprint density at radius 1 is 1.75 bits per heavy atom. The first-order chi connectivity index (χ1) is 5.61.